The molecule has 0 aliphatic carbocycles. The Morgan fingerprint density at radius 1 is 1.21 bits per heavy atom. The molecular formula is C14H19N3O2. The number of imidazole rings is 1. The van der Waals surface area contributed by atoms with E-state index in [1.807, 2.05) is 37.8 Å². The van der Waals surface area contributed by atoms with Crippen molar-refractivity contribution in [3.63, 3.8) is 0 Å². The van der Waals surface area contributed by atoms with Crippen LogP contribution in [0.25, 0.3) is 11.3 Å². The zero-order valence-corrected chi connectivity index (χ0v) is 11.5. The first-order chi connectivity index (χ1) is 9.30. The summed E-state index contributed by atoms with van der Waals surface area (Å²) in [5.41, 5.74) is 2.13. The largest absolute Gasteiger partial charge is 0.493 e. The van der Waals surface area contributed by atoms with Gasteiger partial charge in [0.05, 0.1) is 32.4 Å². The first kappa shape index (κ1) is 13.4. The molecule has 1 aromatic carbocycles. The Morgan fingerprint density at radius 2 is 2.00 bits per heavy atom. The minimum atomic E-state index is 0.723. The Balaban J connectivity index is 2.33. The van der Waals surface area contributed by atoms with Crippen LogP contribution in [0.4, 0.5) is 0 Å². The third-order valence-electron chi connectivity index (χ3n) is 2.99. The quantitative estimate of drug-likeness (QED) is 0.861. The molecule has 2 rings (SSSR count). The number of ether oxygens (including phenoxy) is 2. The minimum Gasteiger partial charge on any atom is -0.493 e. The molecule has 1 heterocycles. The normalized spacial score (nSPS) is 10.5. The molecule has 5 heteroatoms. The Labute approximate surface area is 113 Å². The van der Waals surface area contributed by atoms with E-state index in [1.165, 1.54) is 0 Å². The summed E-state index contributed by atoms with van der Waals surface area (Å²) in [5.74, 6) is 1.45. The average Bonchev–Trinajstić information content (AvgIpc) is 2.92. The van der Waals surface area contributed by atoms with Gasteiger partial charge in [-0.15, -0.1) is 0 Å². The maximum absolute atomic E-state index is 5.33. The molecule has 19 heavy (non-hydrogen) atoms. The van der Waals surface area contributed by atoms with Crippen LogP contribution in [-0.2, 0) is 6.54 Å². The van der Waals surface area contributed by atoms with Crippen LogP contribution < -0.4 is 14.8 Å². The van der Waals surface area contributed by atoms with Gasteiger partial charge in [0.2, 0.25) is 0 Å². The van der Waals surface area contributed by atoms with Gasteiger partial charge in [-0.3, -0.25) is 0 Å². The summed E-state index contributed by atoms with van der Waals surface area (Å²) in [6, 6.07) is 5.88. The molecule has 0 aliphatic heterocycles. The van der Waals surface area contributed by atoms with Crippen molar-refractivity contribution >= 4 is 0 Å². The predicted octanol–water partition coefficient (Wildman–Crippen LogP) is 1.79. The third-order valence-corrected chi connectivity index (χ3v) is 2.99. The molecule has 0 amide bonds. The minimum absolute atomic E-state index is 0.723. The van der Waals surface area contributed by atoms with Crippen molar-refractivity contribution in [3.05, 3.63) is 30.7 Å². The van der Waals surface area contributed by atoms with Gasteiger partial charge in [0.15, 0.2) is 11.5 Å². The molecule has 5 nitrogen and oxygen atoms in total. The third kappa shape index (κ3) is 2.88. The van der Waals surface area contributed by atoms with Crippen LogP contribution in [-0.4, -0.2) is 37.4 Å². The van der Waals surface area contributed by atoms with Crippen molar-refractivity contribution < 1.29 is 9.47 Å². The SMILES string of the molecule is CNCCn1cncc1-c1ccc(OC)c(OC)c1. The van der Waals surface area contributed by atoms with E-state index in [-0.39, 0.29) is 0 Å². The number of hydrogen-bond donors (Lipinski definition) is 1. The van der Waals surface area contributed by atoms with E-state index >= 15 is 0 Å². The summed E-state index contributed by atoms with van der Waals surface area (Å²) < 4.78 is 12.7. The number of likely N-dealkylation sites (N-methyl/N-ethyl adjacent to an activating group) is 1. The standard InChI is InChI=1S/C14H19N3O2/c1-15-6-7-17-10-16-9-12(17)11-4-5-13(18-2)14(8-11)19-3/h4-5,8-10,15H,6-7H2,1-3H3. The highest BCUT2D eigenvalue weighted by molar-refractivity contribution is 5.63. The second kappa shape index (κ2) is 6.24. The lowest BCUT2D eigenvalue weighted by molar-refractivity contribution is 0.355. The van der Waals surface area contributed by atoms with Crippen LogP contribution in [0, 0.1) is 0 Å². The highest BCUT2D eigenvalue weighted by Gasteiger charge is 2.09. The van der Waals surface area contributed by atoms with E-state index in [9.17, 15) is 0 Å². The fourth-order valence-electron chi connectivity index (χ4n) is 1.97. The highest BCUT2D eigenvalue weighted by atomic mass is 16.5. The second-order valence-electron chi connectivity index (χ2n) is 4.15. The molecule has 1 N–H and O–H groups in total. The number of nitrogens with one attached hydrogen (secondary N) is 1. The summed E-state index contributed by atoms with van der Waals surface area (Å²) in [7, 11) is 5.21. The van der Waals surface area contributed by atoms with Gasteiger partial charge >= 0.3 is 0 Å². The molecule has 0 bridgehead atoms. The van der Waals surface area contributed by atoms with Crippen LogP contribution in [0.2, 0.25) is 0 Å². The molecule has 0 saturated heterocycles. The fourth-order valence-corrected chi connectivity index (χ4v) is 1.97. The maximum Gasteiger partial charge on any atom is 0.161 e. The first-order valence-electron chi connectivity index (χ1n) is 6.17. The Hall–Kier alpha value is -2.01. The van der Waals surface area contributed by atoms with Crippen LogP contribution >= 0.6 is 0 Å². The molecule has 0 radical (unpaired) electrons. The summed E-state index contributed by atoms with van der Waals surface area (Å²) in [6.07, 6.45) is 3.69. The topological polar surface area (TPSA) is 48.3 Å². The van der Waals surface area contributed by atoms with Gasteiger partial charge in [-0.1, -0.05) is 0 Å². The molecule has 0 atom stereocenters. The zero-order chi connectivity index (χ0) is 13.7. The van der Waals surface area contributed by atoms with E-state index in [2.05, 4.69) is 14.9 Å². The molecule has 102 valence electrons. The number of aromatic nitrogens is 2. The van der Waals surface area contributed by atoms with E-state index in [1.54, 1.807) is 14.2 Å². The van der Waals surface area contributed by atoms with Crippen LogP contribution in [0.5, 0.6) is 11.5 Å². The average molecular weight is 261 g/mol. The molecular weight excluding hydrogens is 242 g/mol. The predicted molar refractivity (Wildman–Crippen MR) is 74.7 cm³/mol. The summed E-state index contributed by atoms with van der Waals surface area (Å²) in [6.45, 7) is 1.77. The second-order valence-corrected chi connectivity index (χ2v) is 4.15. The van der Waals surface area contributed by atoms with Crippen molar-refractivity contribution in [2.24, 2.45) is 0 Å². The molecule has 0 saturated carbocycles. The monoisotopic (exact) mass is 261 g/mol. The Bertz CT molecular complexity index is 537. The number of methoxy groups -OCH3 is 2. The van der Waals surface area contributed by atoms with Gasteiger partial charge in [0.25, 0.3) is 0 Å². The van der Waals surface area contributed by atoms with Crippen molar-refractivity contribution in [1.82, 2.24) is 14.9 Å². The van der Waals surface area contributed by atoms with Gasteiger partial charge in [0.1, 0.15) is 0 Å². The molecule has 1 aromatic heterocycles. The molecule has 0 unspecified atom stereocenters. The lowest BCUT2D eigenvalue weighted by Gasteiger charge is -2.11. The fraction of sp³-hybridized carbons (Fsp3) is 0.357. The number of benzene rings is 1. The summed E-state index contributed by atoms with van der Waals surface area (Å²) in [4.78, 5) is 4.21. The lowest BCUT2D eigenvalue weighted by atomic mass is 10.1. The molecule has 0 fully saturated rings. The maximum atomic E-state index is 5.33. The molecule has 0 spiro atoms. The molecule has 0 aliphatic rings. The highest BCUT2D eigenvalue weighted by Crippen LogP contribution is 2.32. The van der Waals surface area contributed by atoms with Gasteiger partial charge in [-0.25, -0.2) is 4.98 Å². The van der Waals surface area contributed by atoms with E-state index in [0.29, 0.717) is 0 Å². The van der Waals surface area contributed by atoms with E-state index in [0.717, 1.165) is 35.8 Å². The van der Waals surface area contributed by atoms with Crippen LogP contribution in [0.1, 0.15) is 0 Å². The van der Waals surface area contributed by atoms with Crippen molar-refractivity contribution in [2.75, 3.05) is 27.8 Å². The number of rotatable bonds is 6. The zero-order valence-electron chi connectivity index (χ0n) is 11.5. The van der Waals surface area contributed by atoms with Gasteiger partial charge in [-0.2, -0.15) is 0 Å². The smallest absolute Gasteiger partial charge is 0.161 e. The Morgan fingerprint density at radius 3 is 2.68 bits per heavy atom. The van der Waals surface area contributed by atoms with Crippen molar-refractivity contribution in [2.45, 2.75) is 6.54 Å². The number of nitrogens with zero attached hydrogens (tertiary/aromatic N) is 2. The molecule has 2 aromatic rings. The van der Waals surface area contributed by atoms with E-state index < -0.39 is 0 Å². The van der Waals surface area contributed by atoms with Gasteiger partial charge < -0.3 is 19.4 Å². The van der Waals surface area contributed by atoms with Gasteiger partial charge in [0, 0.05) is 18.7 Å². The summed E-state index contributed by atoms with van der Waals surface area (Å²) in [5, 5.41) is 3.13. The summed E-state index contributed by atoms with van der Waals surface area (Å²) >= 11 is 0. The van der Waals surface area contributed by atoms with Crippen LogP contribution in [0.3, 0.4) is 0 Å². The Kier molecular flexibility index (Phi) is 4.41. The van der Waals surface area contributed by atoms with Gasteiger partial charge in [-0.05, 0) is 25.2 Å². The lowest BCUT2D eigenvalue weighted by Crippen LogP contribution is -2.14. The first-order valence-corrected chi connectivity index (χ1v) is 6.17. The van der Waals surface area contributed by atoms with E-state index in [4.69, 9.17) is 9.47 Å². The number of hydrogen-bond acceptors (Lipinski definition) is 4. The van der Waals surface area contributed by atoms with Crippen molar-refractivity contribution in [1.29, 1.82) is 0 Å². The van der Waals surface area contributed by atoms with Crippen LogP contribution in [0.15, 0.2) is 30.7 Å². The van der Waals surface area contributed by atoms with Crippen molar-refractivity contribution in [3.8, 4) is 22.8 Å².